The van der Waals surface area contributed by atoms with Gasteiger partial charge in [-0.3, -0.25) is 4.79 Å². The normalized spacial score (nSPS) is 16.4. The van der Waals surface area contributed by atoms with Crippen LogP contribution >= 0.6 is 0 Å². The molecule has 1 fully saturated rings. The molecule has 1 heterocycles. The monoisotopic (exact) mass is 263 g/mol. The maximum Gasteiger partial charge on any atom is 0.313 e. The third kappa shape index (κ3) is 5.88. The van der Waals surface area contributed by atoms with Crippen LogP contribution in [0, 0.1) is 0 Å². The number of hydrogen-bond acceptors (Lipinski definition) is 3. The van der Waals surface area contributed by atoms with Gasteiger partial charge in [0.05, 0.1) is 12.5 Å². The van der Waals surface area contributed by atoms with Gasteiger partial charge in [-0.1, -0.05) is 30.3 Å². The first-order valence-corrected chi connectivity index (χ1v) is 7.05. The molecule has 1 atom stereocenters. The third-order valence-corrected chi connectivity index (χ3v) is 3.27. The lowest BCUT2D eigenvalue weighted by atomic mass is 10.0. The number of hydrogen-bond donors (Lipinski definition) is 0. The van der Waals surface area contributed by atoms with Crippen molar-refractivity contribution in [3.63, 3.8) is 0 Å². The Morgan fingerprint density at radius 3 is 2.26 bits per heavy atom. The standard InChI is InChI=1S/C11H14O2.C5H11N/c1-3-13-11(12)9(2)10-7-5-4-6-8-10;1-6-4-2-3-5-6/h4-9H,3H2,1-2H3;2-5H2,1H3. The number of nitrogens with zero attached hydrogens (tertiary/aromatic N) is 1. The lowest BCUT2D eigenvalue weighted by Crippen LogP contribution is -2.12. The third-order valence-electron chi connectivity index (χ3n) is 3.27. The van der Waals surface area contributed by atoms with E-state index in [1.807, 2.05) is 44.2 Å². The molecule has 106 valence electrons. The fraction of sp³-hybridized carbons (Fsp3) is 0.562. The van der Waals surface area contributed by atoms with Gasteiger partial charge in [-0.25, -0.2) is 0 Å². The van der Waals surface area contributed by atoms with Crippen molar-refractivity contribution in [2.24, 2.45) is 0 Å². The number of rotatable bonds is 3. The molecule has 0 amide bonds. The van der Waals surface area contributed by atoms with Gasteiger partial charge in [0, 0.05) is 0 Å². The van der Waals surface area contributed by atoms with Crippen molar-refractivity contribution in [3.05, 3.63) is 35.9 Å². The quantitative estimate of drug-likeness (QED) is 0.785. The number of esters is 1. The minimum Gasteiger partial charge on any atom is -0.466 e. The van der Waals surface area contributed by atoms with Crippen LogP contribution < -0.4 is 0 Å². The summed E-state index contributed by atoms with van der Waals surface area (Å²) in [4.78, 5) is 13.7. The summed E-state index contributed by atoms with van der Waals surface area (Å²) in [6, 6.07) is 9.64. The lowest BCUT2D eigenvalue weighted by Gasteiger charge is -2.09. The van der Waals surface area contributed by atoms with Crippen LogP contribution in [0.4, 0.5) is 0 Å². The molecule has 1 aliphatic heterocycles. The summed E-state index contributed by atoms with van der Waals surface area (Å²) >= 11 is 0. The summed E-state index contributed by atoms with van der Waals surface area (Å²) in [5.41, 5.74) is 1.00. The maximum atomic E-state index is 11.3. The van der Waals surface area contributed by atoms with E-state index in [9.17, 15) is 4.79 Å². The Balaban J connectivity index is 0.000000250. The van der Waals surface area contributed by atoms with Crippen LogP contribution in [0.5, 0.6) is 0 Å². The highest BCUT2D eigenvalue weighted by atomic mass is 16.5. The molecular weight excluding hydrogens is 238 g/mol. The molecule has 1 aromatic carbocycles. The van der Waals surface area contributed by atoms with E-state index in [2.05, 4.69) is 11.9 Å². The maximum absolute atomic E-state index is 11.3. The first-order chi connectivity index (χ1) is 9.15. The molecule has 3 nitrogen and oxygen atoms in total. The largest absolute Gasteiger partial charge is 0.466 e. The Bertz CT molecular complexity index is 358. The Hall–Kier alpha value is -1.35. The molecule has 1 unspecified atom stereocenters. The molecule has 0 radical (unpaired) electrons. The second-order valence-corrected chi connectivity index (χ2v) is 4.89. The van der Waals surface area contributed by atoms with Crippen molar-refractivity contribution in [1.82, 2.24) is 4.90 Å². The van der Waals surface area contributed by atoms with Gasteiger partial charge in [0.1, 0.15) is 0 Å². The van der Waals surface area contributed by atoms with Gasteiger partial charge >= 0.3 is 5.97 Å². The van der Waals surface area contributed by atoms with Gasteiger partial charge in [-0.2, -0.15) is 0 Å². The van der Waals surface area contributed by atoms with E-state index in [0.717, 1.165) is 5.56 Å². The molecule has 19 heavy (non-hydrogen) atoms. The zero-order chi connectivity index (χ0) is 14.1. The van der Waals surface area contributed by atoms with Crippen LogP contribution in [0.25, 0.3) is 0 Å². The highest BCUT2D eigenvalue weighted by Gasteiger charge is 2.15. The number of carbonyl (C=O) groups is 1. The lowest BCUT2D eigenvalue weighted by molar-refractivity contribution is -0.144. The Kier molecular flexibility index (Phi) is 7.19. The molecule has 0 aliphatic carbocycles. The van der Waals surface area contributed by atoms with Crippen molar-refractivity contribution >= 4 is 5.97 Å². The smallest absolute Gasteiger partial charge is 0.313 e. The van der Waals surface area contributed by atoms with Crippen molar-refractivity contribution < 1.29 is 9.53 Å². The second-order valence-electron chi connectivity index (χ2n) is 4.89. The van der Waals surface area contributed by atoms with Crippen LogP contribution in [-0.4, -0.2) is 37.6 Å². The number of benzene rings is 1. The van der Waals surface area contributed by atoms with Crippen molar-refractivity contribution in [1.29, 1.82) is 0 Å². The van der Waals surface area contributed by atoms with Crippen molar-refractivity contribution in [2.75, 3.05) is 26.7 Å². The van der Waals surface area contributed by atoms with Crippen molar-refractivity contribution in [3.8, 4) is 0 Å². The van der Waals surface area contributed by atoms with Crippen molar-refractivity contribution in [2.45, 2.75) is 32.6 Å². The summed E-state index contributed by atoms with van der Waals surface area (Å²) in [5, 5.41) is 0. The predicted molar refractivity (Wildman–Crippen MR) is 78.2 cm³/mol. The first-order valence-electron chi connectivity index (χ1n) is 7.05. The van der Waals surface area contributed by atoms with E-state index in [1.165, 1.54) is 25.9 Å². The number of carbonyl (C=O) groups excluding carboxylic acids is 1. The van der Waals surface area contributed by atoms with Crippen LogP contribution in [0.2, 0.25) is 0 Å². The topological polar surface area (TPSA) is 29.5 Å². The molecule has 1 saturated heterocycles. The molecule has 3 heteroatoms. The average molecular weight is 263 g/mol. The molecule has 1 aliphatic rings. The van der Waals surface area contributed by atoms with Gasteiger partial charge in [-0.05, 0) is 52.4 Å². The van der Waals surface area contributed by atoms with Crippen LogP contribution in [0.1, 0.15) is 38.2 Å². The van der Waals surface area contributed by atoms with E-state index in [1.54, 1.807) is 0 Å². The molecular formula is C16H25NO2. The molecule has 0 aromatic heterocycles. The summed E-state index contributed by atoms with van der Waals surface area (Å²) in [7, 11) is 2.17. The summed E-state index contributed by atoms with van der Waals surface area (Å²) in [5.74, 6) is -0.324. The van der Waals surface area contributed by atoms with Crippen LogP contribution in [0.3, 0.4) is 0 Å². The minimum atomic E-state index is -0.166. The van der Waals surface area contributed by atoms with E-state index in [0.29, 0.717) is 6.61 Å². The summed E-state index contributed by atoms with van der Waals surface area (Å²) in [6.07, 6.45) is 2.83. The predicted octanol–water partition coefficient (Wildman–Crippen LogP) is 3.07. The fourth-order valence-corrected chi connectivity index (χ4v) is 2.02. The molecule has 0 spiro atoms. The summed E-state index contributed by atoms with van der Waals surface area (Å²) < 4.78 is 4.92. The Morgan fingerprint density at radius 2 is 1.84 bits per heavy atom. The number of likely N-dealkylation sites (tertiary alicyclic amines) is 1. The molecule has 0 N–H and O–H groups in total. The molecule has 1 aromatic rings. The highest BCUT2D eigenvalue weighted by molar-refractivity contribution is 5.77. The Labute approximate surface area is 116 Å². The van der Waals surface area contributed by atoms with Crippen LogP contribution in [-0.2, 0) is 9.53 Å². The van der Waals surface area contributed by atoms with E-state index < -0.39 is 0 Å². The molecule has 0 bridgehead atoms. The van der Waals surface area contributed by atoms with Gasteiger partial charge < -0.3 is 9.64 Å². The van der Waals surface area contributed by atoms with Gasteiger partial charge in [0.25, 0.3) is 0 Å². The van der Waals surface area contributed by atoms with Gasteiger partial charge in [0.15, 0.2) is 0 Å². The van der Waals surface area contributed by atoms with E-state index >= 15 is 0 Å². The average Bonchev–Trinajstić information content (AvgIpc) is 2.91. The van der Waals surface area contributed by atoms with E-state index in [4.69, 9.17) is 4.74 Å². The van der Waals surface area contributed by atoms with Crippen LogP contribution in [0.15, 0.2) is 30.3 Å². The van der Waals surface area contributed by atoms with E-state index in [-0.39, 0.29) is 11.9 Å². The Morgan fingerprint density at radius 1 is 1.26 bits per heavy atom. The SMILES string of the molecule is CCOC(=O)C(C)c1ccccc1.CN1CCCC1. The first kappa shape index (κ1) is 15.7. The zero-order valence-corrected chi connectivity index (χ0v) is 12.3. The number of ether oxygens (including phenoxy) is 1. The molecule has 2 rings (SSSR count). The summed E-state index contributed by atoms with van der Waals surface area (Å²) in [6.45, 7) is 6.75. The van der Waals surface area contributed by atoms with Gasteiger partial charge in [0.2, 0.25) is 0 Å². The highest BCUT2D eigenvalue weighted by Crippen LogP contribution is 2.15. The zero-order valence-electron chi connectivity index (χ0n) is 12.3. The fourth-order valence-electron chi connectivity index (χ4n) is 2.02. The molecule has 0 saturated carbocycles. The minimum absolute atomic E-state index is 0.159. The van der Waals surface area contributed by atoms with Gasteiger partial charge in [-0.15, -0.1) is 0 Å². The second kappa shape index (κ2) is 8.70.